The second-order valence-electron chi connectivity index (χ2n) is 5.87. The Bertz CT molecular complexity index is 687. The zero-order chi connectivity index (χ0) is 16.8. The van der Waals surface area contributed by atoms with E-state index in [4.69, 9.17) is 0 Å². The number of aromatic nitrogens is 3. The van der Waals surface area contributed by atoms with Crippen LogP contribution in [0.1, 0.15) is 25.1 Å². The van der Waals surface area contributed by atoms with Gasteiger partial charge in [0, 0.05) is 31.3 Å². The van der Waals surface area contributed by atoms with E-state index in [1.807, 2.05) is 31.2 Å². The zero-order valence-corrected chi connectivity index (χ0v) is 13.7. The quantitative estimate of drug-likeness (QED) is 0.676. The molecule has 0 radical (unpaired) electrons. The van der Waals surface area contributed by atoms with Crippen LogP contribution in [-0.2, 0) is 4.79 Å². The molecule has 1 saturated carbocycles. The van der Waals surface area contributed by atoms with Crippen molar-refractivity contribution in [3.8, 4) is 0 Å². The fourth-order valence-corrected chi connectivity index (χ4v) is 2.48. The lowest BCUT2D eigenvalue weighted by molar-refractivity contribution is -0.127. The number of amides is 1. The first-order valence-electron chi connectivity index (χ1n) is 8.26. The molecule has 7 heteroatoms. The first-order chi connectivity index (χ1) is 11.7. The summed E-state index contributed by atoms with van der Waals surface area (Å²) < 4.78 is 0. The first kappa shape index (κ1) is 16.2. The van der Waals surface area contributed by atoms with Gasteiger partial charge in [-0.25, -0.2) is 15.0 Å². The van der Waals surface area contributed by atoms with E-state index in [0.717, 1.165) is 24.5 Å². The molecule has 0 atom stereocenters. The van der Waals surface area contributed by atoms with E-state index in [2.05, 4.69) is 30.9 Å². The topological polar surface area (TPSA) is 91.8 Å². The largest absolute Gasteiger partial charge is 0.368 e. The van der Waals surface area contributed by atoms with Crippen LogP contribution >= 0.6 is 0 Å². The van der Waals surface area contributed by atoms with Crippen molar-refractivity contribution >= 4 is 23.4 Å². The molecular weight excluding hydrogens is 304 g/mol. The number of rotatable bonds is 7. The maximum atomic E-state index is 11.8. The van der Waals surface area contributed by atoms with E-state index in [1.54, 1.807) is 6.20 Å². The van der Waals surface area contributed by atoms with Crippen molar-refractivity contribution < 1.29 is 4.79 Å². The van der Waals surface area contributed by atoms with Crippen molar-refractivity contribution in [3.63, 3.8) is 0 Å². The lowest BCUT2D eigenvalue weighted by atomic mass is 9.85. The van der Waals surface area contributed by atoms with Gasteiger partial charge in [0.1, 0.15) is 23.3 Å². The smallest absolute Gasteiger partial charge is 0.223 e. The molecule has 1 aliphatic carbocycles. The summed E-state index contributed by atoms with van der Waals surface area (Å²) in [5.41, 5.74) is 0. The summed E-state index contributed by atoms with van der Waals surface area (Å²) in [5, 5.41) is 9.32. The van der Waals surface area contributed by atoms with Gasteiger partial charge >= 0.3 is 0 Å². The normalized spacial score (nSPS) is 13.9. The molecule has 2 heterocycles. The summed E-state index contributed by atoms with van der Waals surface area (Å²) in [4.78, 5) is 24.7. The second kappa shape index (κ2) is 7.72. The van der Waals surface area contributed by atoms with E-state index in [-0.39, 0.29) is 11.8 Å². The average molecular weight is 326 g/mol. The molecule has 24 heavy (non-hydrogen) atoms. The van der Waals surface area contributed by atoms with Gasteiger partial charge in [-0.05, 0) is 31.9 Å². The van der Waals surface area contributed by atoms with Gasteiger partial charge in [0.25, 0.3) is 0 Å². The zero-order valence-electron chi connectivity index (χ0n) is 13.7. The lowest BCUT2D eigenvalue weighted by Crippen LogP contribution is -2.36. The molecule has 0 spiro atoms. The summed E-state index contributed by atoms with van der Waals surface area (Å²) in [6.07, 6.45) is 4.93. The van der Waals surface area contributed by atoms with Crippen molar-refractivity contribution in [3.05, 3.63) is 36.3 Å². The molecular formula is C17H22N6O. The van der Waals surface area contributed by atoms with Gasteiger partial charge in [0.05, 0.1) is 0 Å². The minimum atomic E-state index is 0.166. The summed E-state index contributed by atoms with van der Waals surface area (Å²) in [6.45, 7) is 3.05. The minimum Gasteiger partial charge on any atom is -0.368 e. The number of carbonyl (C=O) groups excluding carboxylic acids is 1. The maximum Gasteiger partial charge on any atom is 0.223 e. The highest BCUT2D eigenvalue weighted by Crippen LogP contribution is 2.26. The number of hydrogen-bond donors (Lipinski definition) is 3. The lowest BCUT2D eigenvalue weighted by Gasteiger charge is -2.24. The molecule has 0 aliphatic heterocycles. The van der Waals surface area contributed by atoms with E-state index in [0.29, 0.717) is 24.7 Å². The summed E-state index contributed by atoms with van der Waals surface area (Å²) >= 11 is 0. The fourth-order valence-electron chi connectivity index (χ4n) is 2.48. The van der Waals surface area contributed by atoms with Crippen molar-refractivity contribution in [1.29, 1.82) is 0 Å². The van der Waals surface area contributed by atoms with Gasteiger partial charge in [-0.15, -0.1) is 0 Å². The monoisotopic (exact) mass is 326 g/mol. The number of anilines is 3. The van der Waals surface area contributed by atoms with Crippen LogP contribution in [0.4, 0.5) is 17.5 Å². The van der Waals surface area contributed by atoms with Gasteiger partial charge in [-0.1, -0.05) is 12.5 Å². The van der Waals surface area contributed by atoms with Gasteiger partial charge < -0.3 is 16.0 Å². The van der Waals surface area contributed by atoms with Gasteiger partial charge in [0.2, 0.25) is 5.91 Å². The van der Waals surface area contributed by atoms with Crippen molar-refractivity contribution in [2.75, 3.05) is 23.7 Å². The highest BCUT2D eigenvalue weighted by Gasteiger charge is 2.24. The molecule has 1 amide bonds. The molecule has 126 valence electrons. The maximum absolute atomic E-state index is 11.8. The van der Waals surface area contributed by atoms with Gasteiger partial charge in [-0.3, -0.25) is 4.79 Å². The standard InChI is InChI=1S/C17H22N6O/c1-12-21-15(19-9-10-20-17(24)13-5-4-6-13)11-16(22-12)23-14-7-2-3-8-18-14/h2-3,7-8,11,13H,4-6,9-10H2,1H3,(H,20,24)(H2,18,19,21,22,23). The second-order valence-corrected chi connectivity index (χ2v) is 5.87. The number of nitrogens with zero attached hydrogens (tertiary/aromatic N) is 3. The third kappa shape index (κ3) is 4.41. The van der Waals surface area contributed by atoms with Crippen LogP contribution in [-0.4, -0.2) is 33.9 Å². The summed E-state index contributed by atoms with van der Waals surface area (Å²) in [5.74, 6) is 3.19. The van der Waals surface area contributed by atoms with Crippen molar-refractivity contribution in [1.82, 2.24) is 20.3 Å². The van der Waals surface area contributed by atoms with Crippen LogP contribution in [0, 0.1) is 12.8 Å². The molecule has 3 rings (SSSR count). The molecule has 7 nitrogen and oxygen atoms in total. The first-order valence-corrected chi connectivity index (χ1v) is 8.26. The Morgan fingerprint density at radius 2 is 2.00 bits per heavy atom. The third-order valence-corrected chi connectivity index (χ3v) is 3.97. The Kier molecular flexibility index (Phi) is 5.20. The SMILES string of the molecule is Cc1nc(NCCNC(=O)C2CCC2)cc(Nc2ccccn2)n1. The molecule has 0 bridgehead atoms. The van der Waals surface area contributed by atoms with E-state index >= 15 is 0 Å². The Morgan fingerprint density at radius 3 is 2.71 bits per heavy atom. The number of pyridine rings is 1. The average Bonchev–Trinajstić information content (AvgIpc) is 2.50. The Labute approximate surface area is 141 Å². The molecule has 1 aliphatic rings. The number of carbonyl (C=O) groups is 1. The molecule has 0 aromatic carbocycles. The van der Waals surface area contributed by atoms with Crippen LogP contribution < -0.4 is 16.0 Å². The fraction of sp³-hybridized carbons (Fsp3) is 0.412. The van der Waals surface area contributed by atoms with Crippen LogP contribution in [0.25, 0.3) is 0 Å². The van der Waals surface area contributed by atoms with Crippen LogP contribution in [0.15, 0.2) is 30.5 Å². The predicted molar refractivity (Wildman–Crippen MR) is 93.1 cm³/mol. The third-order valence-electron chi connectivity index (χ3n) is 3.97. The summed E-state index contributed by atoms with van der Waals surface area (Å²) in [6, 6.07) is 7.48. The van der Waals surface area contributed by atoms with Crippen LogP contribution in [0.5, 0.6) is 0 Å². The Balaban J connectivity index is 1.50. The molecule has 3 N–H and O–H groups in total. The molecule has 0 saturated heterocycles. The summed E-state index contributed by atoms with van der Waals surface area (Å²) in [7, 11) is 0. The number of nitrogens with one attached hydrogen (secondary N) is 3. The molecule has 0 unspecified atom stereocenters. The molecule has 2 aromatic heterocycles. The van der Waals surface area contributed by atoms with Crippen LogP contribution in [0.3, 0.4) is 0 Å². The highest BCUT2D eigenvalue weighted by atomic mass is 16.1. The van der Waals surface area contributed by atoms with Crippen LogP contribution in [0.2, 0.25) is 0 Å². The van der Waals surface area contributed by atoms with E-state index in [9.17, 15) is 4.79 Å². The molecule has 2 aromatic rings. The highest BCUT2D eigenvalue weighted by molar-refractivity contribution is 5.79. The minimum absolute atomic E-state index is 0.166. The van der Waals surface area contributed by atoms with E-state index in [1.165, 1.54) is 6.42 Å². The Morgan fingerprint density at radius 1 is 1.17 bits per heavy atom. The predicted octanol–water partition coefficient (Wildman–Crippen LogP) is 2.25. The van der Waals surface area contributed by atoms with Gasteiger partial charge in [0.15, 0.2) is 0 Å². The van der Waals surface area contributed by atoms with Crippen molar-refractivity contribution in [2.45, 2.75) is 26.2 Å². The van der Waals surface area contributed by atoms with Crippen molar-refractivity contribution in [2.24, 2.45) is 5.92 Å². The Hall–Kier alpha value is -2.70. The van der Waals surface area contributed by atoms with Gasteiger partial charge in [-0.2, -0.15) is 0 Å². The number of hydrogen-bond acceptors (Lipinski definition) is 6. The molecule has 1 fully saturated rings. The number of aryl methyl sites for hydroxylation is 1. The van der Waals surface area contributed by atoms with E-state index < -0.39 is 0 Å².